The SMILES string of the molecule is CCOc1ccc(/C(O)=C2\C(=O)C(=O)N(C3CCCCC3)C2c2ccccc2OC)cc1C. The number of methoxy groups -OCH3 is 1. The number of nitrogens with zero attached hydrogens (tertiary/aromatic N) is 1. The molecule has 4 rings (SSSR count). The lowest BCUT2D eigenvalue weighted by Gasteiger charge is -2.35. The quantitative estimate of drug-likeness (QED) is 0.375. The molecule has 1 atom stereocenters. The van der Waals surface area contributed by atoms with E-state index in [-0.39, 0.29) is 17.4 Å². The van der Waals surface area contributed by atoms with Crippen molar-refractivity contribution in [1.29, 1.82) is 0 Å². The number of para-hydroxylation sites is 1. The summed E-state index contributed by atoms with van der Waals surface area (Å²) in [4.78, 5) is 28.3. The second-order valence-corrected chi connectivity index (χ2v) is 8.65. The van der Waals surface area contributed by atoms with Crippen molar-refractivity contribution < 1.29 is 24.2 Å². The van der Waals surface area contributed by atoms with Crippen molar-refractivity contribution in [3.05, 3.63) is 64.7 Å². The molecule has 1 saturated heterocycles. The Morgan fingerprint density at radius 3 is 2.45 bits per heavy atom. The van der Waals surface area contributed by atoms with Crippen LogP contribution in [0.15, 0.2) is 48.0 Å². The molecule has 2 aliphatic rings. The number of amides is 1. The van der Waals surface area contributed by atoms with Crippen LogP contribution in [0.5, 0.6) is 11.5 Å². The summed E-state index contributed by atoms with van der Waals surface area (Å²) >= 11 is 0. The summed E-state index contributed by atoms with van der Waals surface area (Å²) in [5, 5.41) is 11.4. The third kappa shape index (κ3) is 4.22. The van der Waals surface area contributed by atoms with E-state index in [9.17, 15) is 14.7 Å². The minimum atomic E-state index is -0.698. The molecule has 0 spiro atoms. The number of ether oxygens (including phenoxy) is 2. The summed E-state index contributed by atoms with van der Waals surface area (Å²) in [5.41, 5.74) is 2.14. The number of hydrogen-bond donors (Lipinski definition) is 1. The van der Waals surface area contributed by atoms with Crippen LogP contribution in [0.3, 0.4) is 0 Å². The van der Waals surface area contributed by atoms with Gasteiger partial charge < -0.3 is 19.5 Å². The lowest BCUT2D eigenvalue weighted by molar-refractivity contribution is -0.141. The van der Waals surface area contributed by atoms with Crippen LogP contribution < -0.4 is 9.47 Å². The van der Waals surface area contributed by atoms with Crippen molar-refractivity contribution in [3.8, 4) is 11.5 Å². The van der Waals surface area contributed by atoms with E-state index in [0.717, 1.165) is 43.4 Å². The fourth-order valence-electron chi connectivity index (χ4n) is 5.05. The monoisotopic (exact) mass is 449 g/mol. The average Bonchev–Trinajstić information content (AvgIpc) is 3.10. The van der Waals surface area contributed by atoms with Crippen molar-refractivity contribution >= 4 is 17.4 Å². The maximum atomic E-state index is 13.3. The Balaban J connectivity index is 1.88. The van der Waals surface area contributed by atoms with Crippen molar-refractivity contribution in [2.45, 2.75) is 58.0 Å². The topological polar surface area (TPSA) is 76.1 Å². The van der Waals surface area contributed by atoms with E-state index >= 15 is 0 Å². The Hall–Kier alpha value is -3.28. The smallest absolute Gasteiger partial charge is 0.295 e. The summed E-state index contributed by atoms with van der Waals surface area (Å²) < 4.78 is 11.2. The molecule has 6 nitrogen and oxygen atoms in total. The maximum absolute atomic E-state index is 13.3. The first-order valence-electron chi connectivity index (χ1n) is 11.6. The molecule has 1 aliphatic heterocycles. The molecule has 0 aromatic heterocycles. The third-order valence-corrected chi connectivity index (χ3v) is 6.63. The molecule has 1 N–H and O–H groups in total. The standard InChI is InChI=1S/C27H31NO5/c1-4-33-21-15-14-18(16-17(21)2)25(29)23-24(20-12-8-9-13-22(20)32-3)28(27(31)26(23)30)19-10-6-5-7-11-19/h8-9,12-16,19,24,29H,4-7,10-11H2,1-3H3/b25-23+. The van der Waals surface area contributed by atoms with Crippen molar-refractivity contribution in [2.75, 3.05) is 13.7 Å². The molecule has 1 unspecified atom stereocenters. The second-order valence-electron chi connectivity index (χ2n) is 8.65. The Bertz CT molecular complexity index is 1080. The summed E-state index contributed by atoms with van der Waals surface area (Å²) in [7, 11) is 1.57. The highest BCUT2D eigenvalue weighted by Gasteiger charge is 2.49. The summed E-state index contributed by atoms with van der Waals surface area (Å²) in [6.45, 7) is 4.33. The maximum Gasteiger partial charge on any atom is 0.295 e. The van der Waals surface area contributed by atoms with Crippen LogP contribution in [0.4, 0.5) is 0 Å². The number of aryl methyl sites for hydroxylation is 1. The minimum Gasteiger partial charge on any atom is -0.507 e. The number of aliphatic hydroxyl groups is 1. The first-order chi connectivity index (χ1) is 16.0. The Labute approximate surface area is 194 Å². The van der Waals surface area contributed by atoms with Crippen LogP contribution in [-0.4, -0.2) is 41.5 Å². The molecule has 1 saturated carbocycles. The Morgan fingerprint density at radius 2 is 1.79 bits per heavy atom. The predicted octanol–water partition coefficient (Wildman–Crippen LogP) is 5.16. The van der Waals surface area contributed by atoms with Gasteiger partial charge in [0.25, 0.3) is 11.7 Å². The van der Waals surface area contributed by atoms with Gasteiger partial charge in [-0.2, -0.15) is 0 Å². The van der Waals surface area contributed by atoms with Crippen LogP contribution in [0.2, 0.25) is 0 Å². The van der Waals surface area contributed by atoms with Gasteiger partial charge in [-0.25, -0.2) is 0 Å². The molecule has 174 valence electrons. The van der Waals surface area contributed by atoms with Crippen molar-refractivity contribution in [3.63, 3.8) is 0 Å². The van der Waals surface area contributed by atoms with Crippen molar-refractivity contribution in [2.24, 2.45) is 0 Å². The van der Waals surface area contributed by atoms with Gasteiger partial charge in [0, 0.05) is 17.2 Å². The Kier molecular flexibility index (Phi) is 6.72. The van der Waals surface area contributed by atoms with Crippen LogP contribution in [0, 0.1) is 6.92 Å². The zero-order valence-corrected chi connectivity index (χ0v) is 19.5. The van der Waals surface area contributed by atoms with E-state index < -0.39 is 17.7 Å². The minimum absolute atomic E-state index is 0.0440. The summed E-state index contributed by atoms with van der Waals surface area (Å²) in [6.07, 6.45) is 4.86. The van der Waals surface area contributed by atoms with Gasteiger partial charge in [0.2, 0.25) is 0 Å². The summed E-state index contributed by atoms with van der Waals surface area (Å²) in [6, 6.07) is 11.9. The average molecular weight is 450 g/mol. The fourth-order valence-corrected chi connectivity index (χ4v) is 5.05. The van der Waals surface area contributed by atoms with E-state index in [2.05, 4.69) is 0 Å². The first kappa shape index (κ1) is 22.9. The molecule has 2 aromatic rings. The highest BCUT2D eigenvalue weighted by molar-refractivity contribution is 6.46. The van der Waals surface area contributed by atoms with E-state index in [0.29, 0.717) is 23.5 Å². The van der Waals surface area contributed by atoms with Gasteiger partial charge in [-0.1, -0.05) is 37.5 Å². The lowest BCUT2D eigenvalue weighted by atomic mass is 9.90. The van der Waals surface area contributed by atoms with E-state index in [1.807, 2.05) is 38.1 Å². The highest BCUT2D eigenvalue weighted by Crippen LogP contribution is 2.45. The number of rotatable bonds is 6. The number of hydrogen-bond acceptors (Lipinski definition) is 5. The molecule has 0 bridgehead atoms. The van der Waals surface area contributed by atoms with Crippen LogP contribution in [0.25, 0.3) is 5.76 Å². The third-order valence-electron chi connectivity index (χ3n) is 6.63. The van der Waals surface area contributed by atoms with Gasteiger partial charge in [-0.15, -0.1) is 0 Å². The molecule has 0 radical (unpaired) electrons. The van der Waals surface area contributed by atoms with E-state index in [1.54, 1.807) is 30.2 Å². The van der Waals surface area contributed by atoms with Gasteiger partial charge in [-0.05, 0) is 56.5 Å². The molecule has 1 amide bonds. The second kappa shape index (κ2) is 9.69. The number of ketones is 1. The molecular weight excluding hydrogens is 418 g/mol. The predicted molar refractivity (Wildman–Crippen MR) is 126 cm³/mol. The lowest BCUT2D eigenvalue weighted by Crippen LogP contribution is -2.40. The fraction of sp³-hybridized carbons (Fsp3) is 0.407. The zero-order valence-electron chi connectivity index (χ0n) is 19.5. The number of carbonyl (C=O) groups excluding carboxylic acids is 2. The largest absolute Gasteiger partial charge is 0.507 e. The Morgan fingerprint density at radius 1 is 1.06 bits per heavy atom. The van der Waals surface area contributed by atoms with E-state index in [1.165, 1.54) is 0 Å². The molecule has 1 heterocycles. The zero-order chi connectivity index (χ0) is 23.5. The number of Topliss-reactive ketones (excluding diaryl/α,β-unsaturated/α-hetero) is 1. The number of likely N-dealkylation sites (tertiary alicyclic amines) is 1. The van der Waals surface area contributed by atoms with Gasteiger partial charge in [0.05, 0.1) is 25.3 Å². The van der Waals surface area contributed by atoms with Crippen molar-refractivity contribution in [1.82, 2.24) is 4.90 Å². The van der Waals surface area contributed by atoms with Crippen LogP contribution >= 0.6 is 0 Å². The first-order valence-corrected chi connectivity index (χ1v) is 11.6. The highest BCUT2D eigenvalue weighted by atomic mass is 16.5. The van der Waals surface area contributed by atoms with Crippen LogP contribution in [-0.2, 0) is 9.59 Å². The molecule has 33 heavy (non-hydrogen) atoms. The number of benzene rings is 2. The number of carbonyl (C=O) groups is 2. The molecule has 6 heteroatoms. The molecule has 1 aliphatic carbocycles. The van der Waals surface area contributed by atoms with E-state index in [4.69, 9.17) is 9.47 Å². The van der Waals surface area contributed by atoms with Crippen LogP contribution in [0.1, 0.15) is 61.8 Å². The van der Waals surface area contributed by atoms with Gasteiger partial charge in [-0.3, -0.25) is 9.59 Å². The van der Waals surface area contributed by atoms with Gasteiger partial charge in [0.15, 0.2) is 0 Å². The van der Waals surface area contributed by atoms with Gasteiger partial charge >= 0.3 is 0 Å². The normalized spacial score (nSPS) is 20.8. The summed E-state index contributed by atoms with van der Waals surface area (Å²) in [5.74, 6) is -0.0757. The molecular formula is C27H31NO5. The number of aliphatic hydroxyl groups excluding tert-OH is 1. The van der Waals surface area contributed by atoms with Gasteiger partial charge in [0.1, 0.15) is 17.3 Å². The molecule has 2 aromatic carbocycles. The molecule has 2 fully saturated rings.